The molecule has 4 heteroatoms. The third kappa shape index (κ3) is 2.94. The van der Waals surface area contributed by atoms with Gasteiger partial charge in [0, 0.05) is 0 Å². The maximum Gasteiger partial charge on any atom is 0.408 e. The molecule has 1 aliphatic carbocycles. The zero-order chi connectivity index (χ0) is 13.4. The predicted octanol–water partition coefficient (Wildman–Crippen LogP) is 2.91. The standard InChI is InChI=1S/C14H19NO3/c1-13(2,3)18-12(17)15-14(8-9-14)10-4-6-11(16)7-5-10/h4-7,16H,8-9H2,1-3H3,(H,15,17). The number of alkyl carbamates (subject to hydrolysis) is 1. The van der Waals surface area contributed by atoms with Crippen molar-refractivity contribution in [2.75, 3.05) is 0 Å². The number of hydrogen-bond acceptors (Lipinski definition) is 3. The summed E-state index contributed by atoms with van der Waals surface area (Å²) in [6, 6.07) is 6.93. The summed E-state index contributed by atoms with van der Waals surface area (Å²) in [5, 5.41) is 12.2. The Morgan fingerprint density at radius 2 is 1.83 bits per heavy atom. The third-order valence-electron chi connectivity index (χ3n) is 2.91. The van der Waals surface area contributed by atoms with Gasteiger partial charge in [-0.15, -0.1) is 0 Å². The topological polar surface area (TPSA) is 58.6 Å². The average Bonchev–Trinajstić information content (AvgIpc) is 2.96. The van der Waals surface area contributed by atoms with E-state index in [1.165, 1.54) is 0 Å². The van der Waals surface area contributed by atoms with E-state index in [1.807, 2.05) is 32.9 Å². The van der Waals surface area contributed by atoms with Crippen LogP contribution in [0.5, 0.6) is 5.75 Å². The Labute approximate surface area is 107 Å². The van der Waals surface area contributed by atoms with Crippen LogP contribution >= 0.6 is 0 Å². The molecular formula is C14H19NO3. The van der Waals surface area contributed by atoms with Gasteiger partial charge >= 0.3 is 6.09 Å². The lowest BCUT2D eigenvalue weighted by Gasteiger charge is -2.23. The Morgan fingerprint density at radius 3 is 2.28 bits per heavy atom. The monoisotopic (exact) mass is 249 g/mol. The number of benzene rings is 1. The summed E-state index contributed by atoms with van der Waals surface area (Å²) in [5.74, 6) is 0.229. The predicted molar refractivity (Wildman–Crippen MR) is 68.4 cm³/mol. The maximum absolute atomic E-state index is 11.8. The van der Waals surface area contributed by atoms with Crippen LogP contribution in [0.1, 0.15) is 39.2 Å². The van der Waals surface area contributed by atoms with Gasteiger partial charge in [0.05, 0.1) is 5.54 Å². The maximum atomic E-state index is 11.8. The molecule has 2 rings (SSSR count). The highest BCUT2D eigenvalue weighted by Crippen LogP contribution is 2.45. The second-order valence-corrected chi connectivity index (χ2v) is 5.76. The minimum atomic E-state index is -0.491. The molecule has 1 aromatic carbocycles. The van der Waals surface area contributed by atoms with Crippen molar-refractivity contribution in [3.63, 3.8) is 0 Å². The number of hydrogen-bond donors (Lipinski definition) is 2. The van der Waals surface area contributed by atoms with Gasteiger partial charge in [-0.25, -0.2) is 4.79 Å². The van der Waals surface area contributed by atoms with E-state index in [1.54, 1.807) is 12.1 Å². The van der Waals surface area contributed by atoms with Gasteiger partial charge in [0.2, 0.25) is 0 Å². The van der Waals surface area contributed by atoms with Crippen LogP contribution in [-0.4, -0.2) is 16.8 Å². The molecule has 1 amide bonds. The molecule has 0 heterocycles. The van der Waals surface area contributed by atoms with E-state index in [4.69, 9.17) is 4.74 Å². The molecule has 0 radical (unpaired) electrons. The molecule has 2 N–H and O–H groups in total. The number of aromatic hydroxyl groups is 1. The molecular weight excluding hydrogens is 230 g/mol. The molecule has 4 nitrogen and oxygen atoms in total. The summed E-state index contributed by atoms with van der Waals surface area (Å²) in [5.41, 5.74) is 0.205. The first-order valence-corrected chi connectivity index (χ1v) is 6.11. The van der Waals surface area contributed by atoms with E-state index in [2.05, 4.69) is 5.32 Å². The Morgan fingerprint density at radius 1 is 1.28 bits per heavy atom. The lowest BCUT2D eigenvalue weighted by molar-refractivity contribution is 0.0495. The highest BCUT2D eigenvalue weighted by molar-refractivity contribution is 5.70. The van der Waals surface area contributed by atoms with Crippen molar-refractivity contribution < 1.29 is 14.6 Å². The molecule has 1 aliphatic rings. The SMILES string of the molecule is CC(C)(C)OC(=O)NC1(c2ccc(O)cc2)CC1. The quantitative estimate of drug-likeness (QED) is 0.847. The summed E-state index contributed by atoms with van der Waals surface area (Å²) >= 11 is 0. The van der Waals surface area contributed by atoms with Gasteiger partial charge < -0.3 is 15.2 Å². The lowest BCUT2D eigenvalue weighted by atomic mass is 10.1. The molecule has 18 heavy (non-hydrogen) atoms. The van der Waals surface area contributed by atoms with E-state index in [0.29, 0.717) is 0 Å². The largest absolute Gasteiger partial charge is 0.508 e. The smallest absolute Gasteiger partial charge is 0.408 e. The summed E-state index contributed by atoms with van der Waals surface area (Å²) in [6.45, 7) is 5.52. The summed E-state index contributed by atoms with van der Waals surface area (Å²) < 4.78 is 5.26. The Hall–Kier alpha value is -1.71. The number of phenolic OH excluding ortho intramolecular Hbond substituents is 1. The van der Waals surface area contributed by atoms with Crippen LogP contribution in [-0.2, 0) is 10.3 Å². The van der Waals surface area contributed by atoms with Crippen LogP contribution in [0.3, 0.4) is 0 Å². The Balaban J connectivity index is 2.04. The molecule has 0 saturated heterocycles. The van der Waals surface area contributed by atoms with Gasteiger partial charge in [-0.2, -0.15) is 0 Å². The Kier molecular flexibility index (Phi) is 2.97. The van der Waals surface area contributed by atoms with E-state index in [9.17, 15) is 9.90 Å². The zero-order valence-electron chi connectivity index (χ0n) is 11.0. The van der Waals surface area contributed by atoms with Gasteiger partial charge in [-0.1, -0.05) is 12.1 Å². The highest BCUT2D eigenvalue weighted by atomic mass is 16.6. The molecule has 0 atom stereocenters. The van der Waals surface area contributed by atoms with Crippen LogP contribution < -0.4 is 5.32 Å². The van der Waals surface area contributed by atoms with Gasteiger partial charge in [-0.3, -0.25) is 0 Å². The van der Waals surface area contributed by atoms with Gasteiger partial charge in [0.1, 0.15) is 11.4 Å². The third-order valence-corrected chi connectivity index (χ3v) is 2.91. The number of phenols is 1. The van der Waals surface area contributed by atoms with E-state index < -0.39 is 11.7 Å². The molecule has 0 aliphatic heterocycles. The summed E-state index contributed by atoms with van der Waals surface area (Å²) in [7, 11) is 0. The normalized spacial score (nSPS) is 17.1. The number of carbonyl (C=O) groups excluding carboxylic acids is 1. The molecule has 1 fully saturated rings. The first kappa shape index (κ1) is 12.7. The minimum absolute atomic E-state index is 0.229. The van der Waals surface area contributed by atoms with Crippen LogP contribution in [0, 0.1) is 0 Å². The van der Waals surface area contributed by atoms with E-state index in [0.717, 1.165) is 18.4 Å². The zero-order valence-corrected chi connectivity index (χ0v) is 11.0. The van der Waals surface area contributed by atoms with Crippen molar-refractivity contribution >= 4 is 6.09 Å². The van der Waals surface area contributed by atoms with Crippen molar-refractivity contribution in [1.29, 1.82) is 0 Å². The fourth-order valence-electron chi connectivity index (χ4n) is 1.89. The van der Waals surface area contributed by atoms with Crippen LogP contribution in [0.15, 0.2) is 24.3 Å². The van der Waals surface area contributed by atoms with Crippen LogP contribution in [0.25, 0.3) is 0 Å². The number of amides is 1. The van der Waals surface area contributed by atoms with Gasteiger partial charge in [0.25, 0.3) is 0 Å². The second-order valence-electron chi connectivity index (χ2n) is 5.76. The summed E-state index contributed by atoms with van der Waals surface area (Å²) in [4.78, 5) is 11.8. The van der Waals surface area contributed by atoms with Crippen LogP contribution in [0.4, 0.5) is 4.79 Å². The lowest BCUT2D eigenvalue weighted by Crippen LogP contribution is -2.39. The first-order chi connectivity index (χ1) is 8.31. The first-order valence-electron chi connectivity index (χ1n) is 6.11. The highest BCUT2D eigenvalue weighted by Gasteiger charge is 2.46. The summed E-state index contributed by atoms with van der Waals surface area (Å²) in [6.07, 6.45) is 1.40. The van der Waals surface area contributed by atoms with E-state index in [-0.39, 0.29) is 11.3 Å². The van der Waals surface area contributed by atoms with Crippen molar-refractivity contribution in [3.05, 3.63) is 29.8 Å². The molecule has 0 unspecified atom stereocenters. The van der Waals surface area contributed by atoms with Crippen molar-refractivity contribution in [1.82, 2.24) is 5.32 Å². The van der Waals surface area contributed by atoms with Crippen molar-refractivity contribution in [2.24, 2.45) is 0 Å². The van der Waals surface area contributed by atoms with Crippen molar-refractivity contribution in [3.8, 4) is 5.75 Å². The molecule has 0 aromatic heterocycles. The van der Waals surface area contributed by atoms with E-state index >= 15 is 0 Å². The number of carbonyl (C=O) groups is 1. The Bertz CT molecular complexity index is 441. The number of ether oxygens (including phenoxy) is 1. The van der Waals surface area contributed by atoms with Gasteiger partial charge in [0.15, 0.2) is 0 Å². The van der Waals surface area contributed by atoms with Crippen molar-refractivity contribution in [2.45, 2.75) is 44.8 Å². The minimum Gasteiger partial charge on any atom is -0.508 e. The van der Waals surface area contributed by atoms with Gasteiger partial charge in [-0.05, 0) is 51.3 Å². The molecule has 0 spiro atoms. The fraction of sp³-hybridized carbons (Fsp3) is 0.500. The average molecular weight is 249 g/mol. The number of rotatable bonds is 2. The molecule has 1 saturated carbocycles. The molecule has 98 valence electrons. The van der Waals surface area contributed by atoms with Crippen LogP contribution in [0.2, 0.25) is 0 Å². The number of nitrogens with one attached hydrogen (secondary N) is 1. The molecule has 0 bridgehead atoms. The fourth-order valence-corrected chi connectivity index (χ4v) is 1.89. The second kappa shape index (κ2) is 4.19. The molecule has 1 aromatic rings.